The first-order valence-corrected chi connectivity index (χ1v) is 18.7. The summed E-state index contributed by atoms with van der Waals surface area (Å²) in [4.78, 5) is 27.8. The van der Waals surface area contributed by atoms with E-state index in [0.717, 1.165) is 0 Å². The van der Waals surface area contributed by atoms with E-state index in [9.17, 15) is 35.5 Å². The fourth-order valence-corrected chi connectivity index (χ4v) is 9.71. The Morgan fingerprint density at radius 2 is 1.02 bits per heavy atom. The normalized spacial score (nSPS) is 13.0. The highest BCUT2D eigenvalue weighted by Gasteiger charge is 2.35. The summed E-state index contributed by atoms with van der Waals surface area (Å²) in [5, 5.41) is 6.36. The van der Waals surface area contributed by atoms with Crippen molar-refractivity contribution in [1.82, 2.24) is 0 Å². The third-order valence-corrected chi connectivity index (χ3v) is 13.0. The zero-order valence-corrected chi connectivity index (χ0v) is 30.9. The Bertz CT molecular complexity index is 2300. The lowest BCUT2D eigenvalue weighted by molar-refractivity contribution is 0.0980. The van der Waals surface area contributed by atoms with Crippen LogP contribution in [0.25, 0.3) is 0 Å². The summed E-state index contributed by atoms with van der Waals surface area (Å²) in [6.45, 7) is 9.88. The van der Waals surface area contributed by atoms with Crippen LogP contribution in [0.2, 0.25) is 0 Å². The van der Waals surface area contributed by atoms with Crippen LogP contribution in [-0.4, -0.2) is 37.5 Å². The van der Waals surface area contributed by atoms with E-state index in [2.05, 4.69) is 42.5 Å². The van der Waals surface area contributed by atoms with Gasteiger partial charge in [0.25, 0.3) is 20.2 Å². The molecule has 14 heteroatoms. The second-order valence-electron chi connectivity index (χ2n) is 11.3. The van der Waals surface area contributed by atoms with Crippen molar-refractivity contribution in [2.24, 2.45) is 0 Å². The minimum atomic E-state index is -4.64. The third-order valence-electron chi connectivity index (χ3n) is 8.51. The van der Waals surface area contributed by atoms with Crippen LogP contribution in [0.5, 0.6) is 0 Å². The van der Waals surface area contributed by atoms with Gasteiger partial charge < -0.3 is 10.6 Å². The zero-order chi connectivity index (χ0) is 34.9. The van der Waals surface area contributed by atoms with Gasteiger partial charge in [-0.1, -0.05) is 63.0 Å². The molecule has 1 aliphatic carbocycles. The molecule has 0 saturated carbocycles. The molecule has 1 aliphatic rings. The van der Waals surface area contributed by atoms with Gasteiger partial charge in [0.05, 0.1) is 22.5 Å². The first-order valence-electron chi connectivity index (χ1n) is 14.3. The summed E-state index contributed by atoms with van der Waals surface area (Å²) in [5.41, 5.74) is 3.78. The molecular formula is C33H30Br2N2O8S2. The molecule has 0 atom stereocenters. The number of nitrogens with one attached hydrogen (secondary N) is 2. The Kier molecular flexibility index (Phi) is 9.10. The summed E-state index contributed by atoms with van der Waals surface area (Å²) in [6.07, 6.45) is 0.310. The number of hydrogen-bond acceptors (Lipinski definition) is 8. The van der Waals surface area contributed by atoms with E-state index in [-0.39, 0.29) is 54.5 Å². The molecule has 0 saturated heterocycles. The van der Waals surface area contributed by atoms with E-state index in [1.165, 1.54) is 6.92 Å². The van der Waals surface area contributed by atoms with Gasteiger partial charge in [0.2, 0.25) is 0 Å². The Hall–Kier alpha value is -3.40. The molecule has 47 heavy (non-hydrogen) atoms. The molecule has 0 fully saturated rings. The Morgan fingerprint density at radius 3 is 1.43 bits per heavy atom. The SMILES string of the molecule is CCc1c(Br)c(C)c(Nc2ccc(Nc3c(C)c(Br)c(C)c(S(=O)(=O)O)c3C)c3c2C(=O)c2ccccc2C3=O)c(C)c1S(=O)(=O)O. The number of benzene rings is 4. The van der Waals surface area contributed by atoms with E-state index in [4.69, 9.17) is 0 Å². The van der Waals surface area contributed by atoms with Crippen LogP contribution < -0.4 is 10.6 Å². The monoisotopic (exact) mass is 804 g/mol. The highest BCUT2D eigenvalue weighted by Crippen LogP contribution is 2.44. The van der Waals surface area contributed by atoms with Crippen molar-refractivity contribution in [3.8, 4) is 0 Å². The van der Waals surface area contributed by atoms with Gasteiger partial charge >= 0.3 is 0 Å². The summed E-state index contributed by atoms with van der Waals surface area (Å²) in [7, 11) is -9.28. The molecule has 4 aromatic rings. The van der Waals surface area contributed by atoms with E-state index in [1.807, 2.05) is 0 Å². The molecule has 0 spiro atoms. The molecule has 4 aromatic carbocycles. The lowest BCUT2D eigenvalue weighted by Gasteiger charge is -2.27. The molecule has 5 rings (SSSR count). The van der Waals surface area contributed by atoms with Crippen molar-refractivity contribution in [3.05, 3.63) is 101 Å². The van der Waals surface area contributed by atoms with Crippen LogP contribution in [0.3, 0.4) is 0 Å². The lowest BCUT2D eigenvalue weighted by atomic mass is 9.82. The number of carbonyl (C=O) groups is 2. The van der Waals surface area contributed by atoms with E-state index >= 15 is 0 Å². The van der Waals surface area contributed by atoms with Crippen LogP contribution in [0, 0.1) is 34.6 Å². The van der Waals surface area contributed by atoms with Gasteiger partial charge in [-0.2, -0.15) is 16.8 Å². The van der Waals surface area contributed by atoms with Crippen LogP contribution in [-0.2, 0) is 26.7 Å². The van der Waals surface area contributed by atoms with Gasteiger partial charge in [-0.15, -0.1) is 0 Å². The lowest BCUT2D eigenvalue weighted by Crippen LogP contribution is -2.24. The van der Waals surface area contributed by atoms with Crippen LogP contribution in [0.15, 0.2) is 55.1 Å². The first-order chi connectivity index (χ1) is 21.8. The van der Waals surface area contributed by atoms with Gasteiger partial charge in [-0.25, -0.2) is 0 Å². The minimum Gasteiger partial charge on any atom is -0.354 e. The van der Waals surface area contributed by atoms with Crippen molar-refractivity contribution >= 4 is 86.4 Å². The zero-order valence-electron chi connectivity index (χ0n) is 26.1. The number of ketones is 2. The second-order valence-corrected chi connectivity index (χ2v) is 15.6. The number of rotatable bonds is 7. The molecule has 0 radical (unpaired) electrons. The number of fused-ring (bicyclic) bond motifs is 2. The Balaban J connectivity index is 1.80. The summed E-state index contributed by atoms with van der Waals surface area (Å²) >= 11 is 6.91. The van der Waals surface area contributed by atoms with Crippen molar-refractivity contribution in [2.75, 3.05) is 10.6 Å². The smallest absolute Gasteiger partial charge is 0.295 e. The fraction of sp³-hybridized carbons (Fsp3) is 0.212. The standard InChI is InChI=1S/C33H30Br2N2O8S2/c1-7-19-27(35)15(3)29(18(6)33(19)47(43,44)45)37-23-13-12-22(24-25(23)31(39)21-11-9-8-10-20(21)30(24)38)36-28-14(2)26(34)16(4)32(17(28)5)46(40,41)42/h8-13,36-37H,7H2,1-6H3,(H,40,41,42)(H,43,44,45). The molecule has 10 nitrogen and oxygen atoms in total. The van der Waals surface area contributed by atoms with E-state index in [1.54, 1.807) is 71.0 Å². The predicted octanol–water partition coefficient (Wildman–Crippen LogP) is 8.07. The first kappa shape index (κ1) is 34.9. The van der Waals surface area contributed by atoms with E-state index in [0.29, 0.717) is 49.0 Å². The minimum absolute atomic E-state index is 0.0113. The van der Waals surface area contributed by atoms with Gasteiger partial charge in [0.1, 0.15) is 9.79 Å². The fourth-order valence-electron chi connectivity index (χ4n) is 6.35. The van der Waals surface area contributed by atoms with Crippen LogP contribution >= 0.6 is 31.9 Å². The molecule has 0 bridgehead atoms. The third kappa shape index (κ3) is 5.74. The number of carbonyl (C=O) groups excluding carboxylic acids is 2. The predicted molar refractivity (Wildman–Crippen MR) is 187 cm³/mol. The maximum absolute atomic E-state index is 14.2. The highest BCUT2D eigenvalue weighted by molar-refractivity contribution is 9.11. The summed E-state index contributed by atoms with van der Waals surface area (Å²) in [6, 6.07) is 9.50. The molecular weight excluding hydrogens is 776 g/mol. The Morgan fingerprint density at radius 1 is 0.617 bits per heavy atom. The molecule has 0 unspecified atom stereocenters. The van der Waals surface area contributed by atoms with Gasteiger partial charge in [-0.05, 0) is 86.6 Å². The topological polar surface area (TPSA) is 167 Å². The van der Waals surface area contributed by atoms with Crippen LogP contribution in [0.4, 0.5) is 22.7 Å². The summed E-state index contributed by atoms with van der Waals surface area (Å²) in [5.74, 6) is -0.930. The molecule has 0 aliphatic heterocycles. The van der Waals surface area contributed by atoms with Crippen molar-refractivity contribution < 1.29 is 35.5 Å². The van der Waals surface area contributed by atoms with Gasteiger partial charge in [-0.3, -0.25) is 18.7 Å². The highest BCUT2D eigenvalue weighted by atomic mass is 79.9. The van der Waals surface area contributed by atoms with Crippen LogP contribution in [0.1, 0.15) is 72.1 Å². The number of hydrogen-bond donors (Lipinski definition) is 4. The molecule has 0 amide bonds. The molecule has 4 N–H and O–H groups in total. The average Bonchev–Trinajstić information content (AvgIpc) is 2.99. The average molecular weight is 807 g/mol. The Labute approximate surface area is 289 Å². The maximum Gasteiger partial charge on any atom is 0.295 e. The largest absolute Gasteiger partial charge is 0.354 e. The molecule has 246 valence electrons. The second kappa shape index (κ2) is 12.2. The van der Waals surface area contributed by atoms with E-state index < -0.39 is 31.8 Å². The molecule has 0 heterocycles. The van der Waals surface area contributed by atoms with Crippen molar-refractivity contribution in [3.63, 3.8) is 0 Å². The van der Waals surface area contributed by atoms with Gasteiger partial charge in [0.15, 0.2) is 11.6 Å². The van der Waals surface area contributed by atoms with Crippen molar-refractivity contribution in [2.45, 2.75) is 57.8 Å². The quantitative estimate of drug-likeness (QED) is 0.118. The summed E-state index contributed by atoms with van der Waals surface area (Å²) < 4.78 is 70.9. The number of halogens is 2. The maximum atomic E-state index is 14.2. The van der Waals surface area contributed by atoms with Crippen molar-refractivity contribution in [1.29, 1.82) is 0 Å². The van der Waals surface area contributed by atoms with Gasteiger partial charge in [0, 0.05) is 31.4 Å². The molecule has 0 aromatic heterocycles. The number of anilines is 4.